The Kier molecular flexibility index (Phi) is 9.44. The van der Waals surface area contributed by atoms with Crippen molar-refractivity contribution >= 4 is 11.6 Å². The van der Waals surface area contributed by atoms with E-state index in [-0.39, 0.29) is 43.7 Å². The third-order valence-corrected chi connectivity index (χ3v) is 5.38. The average Bonchev–Trinajstić information content (AvgIpc) is 3.28. The first kappa shape index (κ1) is 27.2. The Morgan fingerprint density at radius 3 is 2.53 bits per heavy atom. The fraction of sp³-hybridized carbons (Fsp3) is 0.370. The van der Waals surface area contributed by atoms with E-state index in [2.05, 4.69) is 4.98 Å². The second kappa shape index (κ2) is 12.5. The number of rotatable bonds is 14. The third-order valence-electron chi connectivity index (χ3n) is 5.38. The molecule has 0 saturated heterocycles. The van der Waals surface area contributed by atoms with Crippen LogP contribution in [0.2, 0.25) is 0 Å². The lowest BCUT2D eigenvalue weighted by atomic mass is 10.1. The van der Waals surface area contributed by atoms with Crippen LogP contribution in [-0.2, 0) is 16.1 Å². The molecule has 0 saturated carbocycles. The van der Waals surface area contributed by atoms with Crippen LogP contribution < -0.4 is 4.74 Å². The number of hydrogen-bond acceptors (Lipinski definition) is 7. The molecule has 1 aromatic heterocycles. The van der Waals surface area contributed by atoms with Crippen LogP contribution in [-0.4, -0.2) is 43.0 Å². The molecule has 0 radical (unpaired) electrons. The molecule has 0 bridgehead atoms. The molecule has 3 rings (SSSR count). The molecule has 1 heterocycles. The normalized spacial score (nSPS) is 11.5. The fourth-order valence-electron chi connectivity index (χ4n) is 3.42. The zero-order valence-corrected chi connectivity index (χ0v) is 20.5. The minimum Gasteiger partial charge on any atom is -0.494 e. The molecule has 3 aromatic rings. The summed E-state index contributed by atoms with van der Waals surface area (Å²) in [6.07, 6.45) is -0.343. The summed E-state index contributed by atoms with van der Waals surface area (Å²) in [6, 6.07) is 13.9. The zero-order chi connectivity index (χ0) is 26.1. The SMILES string of the molecule is COCOCc1oc(C(=O)C(F)(F)CCCCOc2cccc(C(C)=O)c2)nc1-c1ccc(C)cc1. The van der Waals surface area contributed by atoms with Crippen LogP contribution in [0.3, 0.4) is 0 Å². The summed E-state index contributed by atoms with van der Waals surface area (Å²) in [4.78, 5) is 28.1. The lowest BCUT2D eigenvalue weighted by Gasteiger charge is -2.13. The van der Waals surface area contributed by atoms with Crippen LogP contribution in [0.1, 0.15) is 58.6 Å². The number of Topliss-reactive ketones (excluding diaryl/α,β-unsaturated/α-hetero) is 2. The Labute approximate surface area is 208 Å². The maximum Gasteiger partial charge on any atom is 0.314 e. The molecule has 0 aliphatic rings. The fourth-order valence-corrected chi connectivity index (χ4v) is 3.42. The molecule has 192 valence electrons. The molecule has 2 aromatic carbocycles. The molecule has 0 amide bonds. The highest BCUT2D eigenvalue weighted by Gasteiger charge is 2.42. The molecular formula is C27H29F2NO6. The number of ketones is 2. The number of hydrogen-bond donors (Lipinski definition) is 0. The van der Waals surface area contributed by atoms with E-state index < -0.39 is 24.0 Å². The molecule has 7 nitrogen and oxygen atoms in total. The van der Waals surface area contributed by atoms with E-state index in [9.17, 15) is 18.4 Å². The first-order chi connectivity index (χ1) is 17.2. The number of aryl methyl sites for hydroxylation is 1. The highest BCUT2D eigenvalue weighted by Crippen LogP contribution is 2.31. The lowest BCUT2D eigenvalue weighted by Crippen LogP contribution is -2.29. The van der Waals surface area contributed by atoms with Gasteiger partial charge in [-0.1, -0.05) is 42.0 Å². The number of nitrogens with zero attached hydrogens (tertiary/aromatic N) is 1. The number of ether oxygens (including phenoxy) is 3. The summed E-state index contributed by atoms with van der Waals surface area (Å²) in [5.41, 5.74) is 2.41. The summed E-state index contributed by atoms with van der Waals surface area (Å²) in [5, 5.41) is 0. The first-order valence-electron chi connectivity index (χ1n) is 11.5. The van der Waals surface area contributed by atoms with Gasteiger partial charge < -0.3 is 18.6 Å². The van der Waals surface area contributed by atoms with E-state index in [1.807, 2.05) is 19.1 Å². The van der Waals surface area contributed by atoms with Crippen molar-refractivity contribution in [1.82, 2.24) is 4.98 Å². The Morgan fingerprint density at radius 2 is 1.83 bits per heavy atom. The van der Waals surface area contributed by atoms with E-state index in [0.717, 1.165) is 5.56 Å². The second-order valence-corrected chi connectivity index (χ2v) is 8.33. The smallest absolute Gasteiger partial charge is 0.314 e. The topological polar surface area (TPSA) is 87.9 Å². The van der Waals surface area contributed by atoms with Gasteiger partial charge in [-0.3, -0.25) is 9.59 Å². The van der Waals surface area contributed by atoms with Crippen LogP contribution >= 0.6 is 0 Å². The quantitative estimate of drug-likeness (QED) is 0.151. The summed E-state index contributed by atoms with van der Waals surface area (Å²) in [5.74, 6) is -5.25. The minimum absolute atomic E-state index is 0.0331. The van der Waals surface area contributed by atoms with Crippen molar-refractivity contribution in [3.05, 3.63) is 71.3 Å². The van der Waals surface area contributed by atoms with Gasteiger partial charge in [0, 0.05) is 24.7 Å². The molecule has 36 heavy (non-hydrogen) atoms. The van der Waals surface area contributed by atoms with E-state index in [1.165, 1.54) is 14.0 Å². The molecule has 0 spiro atoms. The van der Waals surface area contributed by atoms with Gasteiger partial charge in [0.05, 0.1) is 6.61 Å². The van der Waals surface area contributed by atoms with Crippen molar-refractivity contribution in [2.24, 2.45) is 0 Å². The highest BCUT2D eigenvalue weighted by molar-refractivity contribution is 5.98. The number of unbranched alkanes of at least 4 members (excludes halogenated alkanes) is 1. The maximum absolute atomic E-state index is 14.7. The number of halogens is 2. The number of methoxy groups -OCH3 is 1. The van der Waals surface area contributed by atoms with Crippen LogP contribution in [0.4, 0.5) is 8.78 Å². The number of carbonyl (C=O) groups is 2. The molecule has 0 N–H and O–H groups in total. The Bertz CT molecular complexity index is 1170. The number of aromatic nitrogens is 1. The van der Waals surface area contributed by atoms with Gasteiger partial charge >= 0.3 is 5.92 Å². The van der Waals surface area contributed by atoms with Gasteiger partial charge in [0.1, 0.15) is 24.8 Å². The molecule has 0 atom stereocenters. The van der Waals surface area contributed by atoms with E-state index in [0.29, 0.717) is 23.3 Å². The molecule has 0 aliphatic heterocycles. The van der Waals surface area contributed by atoms with Gasteiger partial charge in [-0.2, -0.15) is 8.78 Å². The van der Waals surface area contributed by atoms with E-state index in [4.69, 9.17) is 18.6 Å². The lowest BCUT2D eigenvalue weighted by molar-refractivity contribution is -0.0442. The van der Waals surface area contributed by atoms with Crippen LogP contribution in [0.25, 0.3) is 11.3 Å². The van der Waals surface area contributed by atoms with Crippen LogP contribution in [0.5, 0.6) is 5.75 Å². The Morgan fingerprint density at radius 1 is 1.08 bits per heavy atom. The van der Waals surface area contributed by atoms with Gasteiger partial charge in [0.15, 0.2) is 11.5 Å². The summed E-state index contributed by atoms with van der Waals surface area (Å²) in [7, 11) is 1.45. The number of alkyl halides is 2. The third kappa shape index (κ3) is 7.29. The maximum atomic E-state index is 14.7. The summed E-state index contributed by atoms with van der Waals surface area (Å²) in [6.45, 7) is 3.41. The van der Waals surface area contributed by atoms with Crippen molar-refractivity contribution in [1.29, 1.82) is 0 Å². The van der Waals surface area contributed by atoms with Gasteiger partial charge in [-0.05, 0) is 38.8 Å². The number of oxazole rings is 1. The van der Waals surface area contributed by atoms with Crippen molar-refractivity contribution in [2.75, 3.05) is 20.5 Å². The van der Waals surface area contributed by atoms with Gasteiger partial charge in [0.2, 0.25) is 0 Å². The van der Waals surface area contributed by atoms with Crippen molar-refractivity contribution < 1.29 is 37.0 Å². The van der Waals surface area contributed by atoms with Gasteiger partial charge in [-0.15, -0.1) is 0 Å². The predicted molar refractivity (Wildman–Crippen MR) is 128 cm³/mol. The largest absolute Gasteiger partial charge is 0.494 e. The molecule has 0 aliphatic carbocycles. The van der Waals surface area contributed by atoms with Crippen molar-refractivity contribution in [3.8, 4) is 17.0 Å². The monoisotopic (exact) mass is 501 g/mol. The van der Waals surface area contributed by atoms with Crippen LogP contribution in [0.15, 0.2) is 52.9 Å². The van der Waals surface area contributed by atoms with Crippen molar-refractivity contribution in [3.63, 3.8) is 0 Å². The van der Waals surface area contributed by atoms with Crippen LogP contribution in [0, 0.1) is 6.92 Å². The molecule has 9 heteroatoms. The van der Waals surface area contributed by atoms with E-state index in [1.54, 1.807) is 36.4 Å². The Hall–Kier alpha value is -3.43. The molecule has 0 fully saturated rings. The standard InChI is InChI=1S/C27H29F2NO6/c1-18-9-11-20(12-10-18)24-23(16-34-17-33-3)36-26(30-24)25(32)27(28,29)13-4-5-14-35-22-8-6-7-21(15-22)19(2)31/h6-12,15H,4-5,13-14,16-17H2,1-3H3. The highest BCUT2D eigenvalue weighted by atomic mass is 19.3. The average molecular weight is 502 g/mol. The summed E-state index contributed by atoms with van der Waals surface area (Å²) >= 11 is 0. The predicted octanol–water partition coefficient (Wildman–Crippen LogP) is 6.04. The minimum atomic E-state index is -3.66. The number of carbonyl (C=O) groups excluding carboxylic acids is 2. The molecule has 0 unspecified atom stereocenters. The summed E-state index contributed by atoms with van der Waals surface area (Å²) < 4.78 is 50.6. The first-order valence-corrected chi connectivity index (χ1v) is 11.5. The second-order valence-electron chi connectivity index (χ2n) is 8.33. The number of benzene rings is 2. The van der Waals surface area contributed by atoms with E-state index >= 15 is 0 Å². The Balaban J connectivity index is 1.62. The van der Waals surface area contributed by atoms with Gasteiger partial charge in [0.25, 0.3) is 11.7 Å². The molecular weight excluding hydrogens is 472 g/mol. The van der Waals surface area contributed by atoms with Gasteiger partial charge in [-0.25, -0.2) is 4.98 Å². The zero-order valence-electron chi connectivity index (χ0n) is 20.5. The van der Waals surface area contributed by atoms with Crippen molar-refractivity contribution in [2.45, 2.75) is 45.6 Å².